The molecule has 1 atom stereocenters. The summed E-state index contributed by atoms with van der Waals surface area (Å²) in [5.74, 6) is 0.959. The summed E-state index contributed by atoms with van der Waals surface area (Å²) in [6, 6.07) is 2.01. The van der Waals surface area contributed by atoms with E-state index < -0.39 is 0 Å². The van der Waals surface area contributed by atoms with E-state index in [1.807, 2.05) is 23.8 Å². The Labute approximate surface area is 119 Å². The van der Waals surface area contributed by atoms with Crippen molar-refractivity contribution in [3.63, 3.8) is 0 Å². The van der Waals surface area contributed by atoms with Crippen molar-refractivity contribution in [3.05, 3.63) is 35.2 Å². The molecule has 0 saturated carbocycles. The maximum absolute atomic E-state index is 5.82. The van der Waals surface area contributed by atoms with Crippen molar-refractivity contribution in [2.24, 2.45) is 0 Å². The van der Waals surface area contributed by atoms with E-state index in [0.29, 0.717) is 6.61 Å². The van der Waals surface area contributed by atoms with Crippen LogP contribution in [0.3, 0.4) is 0 Å². The van der Waals surface area contributed by atoms with E-state index in [1.165, 1.54) is 0 Å². The molecular formula is C13H13N5OS. The second kappa shape index (κ2) is 4.84. The van der Waals surface area contributed by atoms with Crippen LogP contribution in [0.5, 0.6) is 0 Å². The number of anilines is 1. The van der Waals surface area contributed by atoms with E-state index >= 15 is 0 Å². The molecular weight excluding hydrogens is 274 g/mol. The van der Waals surface area contributed by atoms with Crippen LogP contribution in [0.25, 0.3) is 11.0 Å². The average molecular weight is 287 g/mol. The summed E-state index contributed by atoms with van der Waals surface area (Å²) in [6.07, 6.45) is 5.33. The molecule has 20 heavy (non-hydrogen) atoms. The van der Waals surface area contributed by atoms with E-state index in [0.717, 1.165) is 34.9 Å². The SMILES string of the molecule is c1csc(C2CN(c3ncnc4[nH]ccc34)CCO2)n1. The quantitative estimate of drug-likeness (QED) is 0.780. The van der Waals surface area contributed by atoms with Crippen LogP contribution >= 0.6 is 11.3 Å². The molecule has 0 amide bonds. The molecule has 1 N–H and O–H groups in total. The zero-order valence-corrected chi connectivity index (χ0v) is 11.5. The smallest absolute Gasteiger partial charge is 0.142 e. The van der Waals surface area contributed by atoms with Gasteiger partial charge in [-0.1, -0.05) is 0 Å². The number of aromatic amines is 1. The van der Waals surface area contributed by atoms with E-state index in [-0.39, 0.29) is 6.10 Å². The van der Waals surface area contributed by atoms with Crippen molar-refractivity contribution < 1.29 is 4.74 Å². The number of morpholine rings is 1. The first-order valence-electron chi connectivity index (χ1n) is 6.46. The van der Waals surface area contributed by atoms with Crippen LogP contribution in [-0.4, -0.2) is 39.6 Å². The number of H-pyrrole nitrogens is 1. The summed E-state index contributed by atoms with van der Waals surface area (Å²) in [7, 11) is 0. The number of thiazole rings is 1. The molecule has 4 heterocycles. The zero-order chi connectivity index (χ0) is 13.4. The summed E-state index contributed by atoms with van der Waals surface area (Å²) in [5.41, 5.74) is 0.868. The summed E-state index contributed by atoms with van der Waals surface area (Å²) in [6.45, 7) is 2.28. The molecule has 0 aliphatic carbocycles. The third kappa shape index (κ3) is 1.95. The Morgan fingerprint density at radius 1 is 1.35 bits per heavy atom. The standard InChI is InChI=1S/C13H13N5OS/c1-2-14-11-9(1)12(17-8-16-11)18-4-5-19-10(7-18)13-15-3-6-20-13/h1-3,6,8,10H,4-5,7H2,(H,14,16,17). The Bertz CT molecular complexity index is 710. The Morgan fingerprint density at radius 2 is 2.35 bits per heavy atom. The van der Waals surface area contributed by atoms with Crippen LogP contribution in [0.2, 0.25) is 0 Å². The summed E-state index contributed by atoms with van der Waals surface area (Å²) >= 11 is 1.63. The van der Waals surface area contributed by atoms with Gasteiger partial charge >= 0.3 is 0 Å². The molecule has 1 aliphatic heterocycles. The van der Waals surface area contributed by atoms with Gasteiger partial charge in [-0.2, -0.15) is 0 Å². The maximum atomic E-state index is 5.82. The highest BCUT2D eigenvalue weighted by atomic mass is 32.1. The highest BCUT2D eigenvalue weighted by Gasteiger charge is 2.25. The van der Waals surface area contributed by atoms with Crippen LogP contribution in [0, 0.1) is 0 Å². The molecule has 1 unspecified atom stereocenters. The van der Waals surface area contributed by atoms with Crippen molar-refractivity contribution in [1.82, 2.24) is 19.9 Å². The largest absolute Gasteiger partial charge is 0.367 e. The molecule has 3 aromatic rings. The van der Waals surface area contributed by atoms with Gasteiger partial charge in [-0.05, 0) is 6.07 Å². The lowest BCUT2D eigenvalue weighted by Crippen LogP contribution is -2.38. The third-order valence-electron chi connectivity index (χ3n) is 3.43. The van der Waals surface area contributed by atoms with Gasteiger partial charge in [0.05, 0.1) is 18.5 Å². The fourth-order valence-electron chi connectivity index (χ4n) is 2.50. The molecule has 7 heteroatoms. The first-order valence-corrected chi connectivity index (χ1v) is 7.34. The topological polar surface area (TPSA) is 66.9 Å². The number of rotatable bonds is 2. The van der Waals surface area contributed by atoms with Gasteiger partial charge in [-0.25, -0.2) is 15.0 Å². The third-order valence-corrected chi connectivity index (χ3v) is 4.29. The van der Waals surface area contributed by atoms with Gasteiger partial charge in [0.15, 0.2) is 0 Å². The number of hydrogen-bond donors (Lipinski definition) is 1. The maximum Gasteiger partial charge on any atom is 0.142 e. The molecule has 0 radical (unpaired) electrons. The molecule has 102 valence electrons. The lowest BCUT2D eigenvalue weighted by Gasteiger charge is -2.33. The Hall–Kier alpha value is -1.99. The number of nitrogens with one attached hydrogen (secondary N) is 1. The van der Waals surface area contributed by atoms with Gasteiger partial charge in [-0.15, -0.1) is 11.3 Å². The number of hydrogen-bond acceptors (Lipinski definition) is 6. The fraction of sp³-hybridized carbons (Fsp3) is 0.308. The monoisotopic (exact) mass is 287 g/mol. The second-order valence-corrected chi connectivity index (χ2v) is 5.54. The highest BCUT2D eigenvalue weighted by Crippen LogP contribution is 2.29. The van der Waals surface area contributed by atoms with E-state index in [1.54, 1.807) is 17.7 Å². The van der Waals surface area contributed by atoms with Crippen LogP contribution in [0.1, 0.15) is 11.1 Å². The first-order chi connectivity index (χ1) is 9.92. The van der Waals surface area contributed by atoms with Gasteiger partial charge in [0.2, 0.25) is 0 Å². The van der Waals surface area contributed by atoms with Crippen molar-refractivity contribution >= 4 is 28.2 Å². The second-order valence-electron chi connectivity index (χ2n) is 4.61. The lowest BCUT2D eigenvalue weighted by atomic mass is 10.2. The summed E-state index contributed by atoms with van der Waals surface area (Å²) in [5, 5.41) is 4.05. The van der Waals surface area contributed by atoms with E-state index in [2.05, 4.69) is 24.8 Å². The Morgan fingerprint density at radius 3 is 3.25 bits per heavy atom. The minimum atomic E-state index is 0.0210. The normalized spacial score (nSPS) is 19.6. The van der Waals surface area contributed by atoms with Crippen LogP contribution < -0.4 is 4.90 Å². The summed E-state index contributed by atoms with van der Waals surface area (Å²) < 4.78 is 5.82. The molecule has 0 spiro atoms. The van der Waals surface area contributed by atoms with Crippen molar-refractivity contribution in [2.75, 3.05) is 24.6 Å². The lowest BCUT2D eigenvalue weighted by molar-refractivity contribution is 0.0394. The first kappa shape index (κ1) is 11.8. The molecule has 1 saturated heterocycles. The van der Waals surface area contributed by atoms with Gasteiger partial charge in [0.25, 0.3) is 0 Å². The molecule has 1 aliphatic rings. The minimum Gasteiger partial charge on any atom is -0.367 e. The minimum absolute atomic E-state index is 0.0210. The van der Waals surface area contributed by atoms with Gasteiger partial charge < -0.3 is 14.6 Å². The molecule has 4 rings (SSSR count). The molecule has 1 fully saturated rings. The van der Waals surface area contributed by atoms with E-state index in [9.17, 15) is 0 Å². The summed E-state index contributed by atoms with van der Waals surface area (Å²) in [4.78, 5) is 18.4. The average Bonchev–Trinajstić information content (AvgIpc) is 3.18. The Kier molecular flexibility index (Phi) is 2.86. The van der Waals surface area contributed by atoms with E-state index in [4.69, 9.17) is 4.74 Å². The number of fused-ring (bicyclic) bond motifs is 1. The molecule has 0 bridgehead atoms. The van der Waals surface area contributed by atoms with Crippen LogP contribution in [0.4, 0.5) is 5.82 Å². The highest BCUT2D eigenvalue weighted by molar-refractivity contribution is 7.09. The van der Waals surface area contributed by atoms with Gasteiger partial charge in [0, 0.05) is 24.3 Å². The number of ether oxygens (including phenoxy) is 1. The van der Waals surface area contributed by atoms with Gasteiger partial charge in [0.1, 0.15) is 28.9 Å². The van der Waals surface area contributed by atoms with Crippen LogP contribution in [-0.2, 0) is 4.74 Å². The van der Waals surface area contributed by atoms with Crippen LogP contribution in [0.15, 0.2) is 30.2 Å². The molecule has 0 aromatic carbocycles. The fourth-order valence-corrected chi connectivity index (χ4v) is 3.17. The molecule has 3 aromatic heterocycles. The predicted molar refractivity (Wildman–Crippen MR) is 76.9 cm³/mol. The number of aromatic nitrogens is 4. The van der Waals surface area contributed by atoms with Crippen molar-refractivity contribution in [2.45, 2.75) is 6.10 Å². The molecule has 6 nitrogen and oxygen atoms in total. The van der Waals surface area contributed by atoms with Gasteiger partial charge in [-0.3, -0.25) is 0 Å². The van der Waals surface area contributed by atoms with Crippen molar-refractivity contribution in [1.29, 1.82) is 0 Å². The van der Waals surface area contributed by atoms with Crippen molar-refractivity contribution in [3.8, 4) is 0 Å². The Balaban J connectivity index is 1.66. The number of nitrogens with zero attached hydrogens (tertiary/aromatic N) is 4. The zero-order valence-electron chi connectivity index (χ0n) is 10.7. The predicted octanol–water partition coefficient (Wildman–Crippen LogP) is 1.99.